The van der Waals surface area contributed by atoms with E-state index < -0.39 is 0 Å². The average molecular weight is 269 g/mol. The van der Waals surface area contributed by atoms with Gasteiger partial charge < -0.3 is 24.7 Å². The van der Waals surface area contributed by atoms with Crippen molar-refractivity contribution in [2.24, 2.45) is 5.73 Å². The van der Waals surface area contributed by atoms with Crippen molar-refractivity contribution in [1.82, 2.24) is 0 Å². The van der Waals surface area contributed by atoms with Gasteiger partial charge >= 0.3 is 0 Å². The molecule has 0 amide bonds. The van der Waals surface area contributed by atoms with Crippen LogP contribution in [0, 0.1) is 0 Å². The molecule has 1 rings (SSSR count). The maximum absolute atomic E-state index is 5.97. The summed E-state index contributed by atoms with van der Waals surface area (Å²) in [4.78, 5) is 0. The topological polar surface area (TPSA) is 62.9 Å². The highest BCUT2D eigenvalue weighted by molar-refractivity contribution is 5.54. The number of rotatable bonds is 8. The lowest BCUT2D eigenvalue weighted by Crippen LogP contribution is -2.21. The van der Waals surface area contributed by atoms with Gasteiger partial charge in [0.1, 0.15) is 0 Å². The van der Waals surface area contributed by atoms with Crippen molar-refractivity contribution >= 4 is 0 Å². The summed E-state index contributed by atoms with van der Waals surface area (Å²) >= 11 is 0. The van der Waals surface area contributed by atoms with E-state index >= 15 is 0 Å². The summed E-state index contributed by atoms with van der Waals surface area (Å²) in [6, 6.07) is 3.96. The standard InChI is InChI=1S/C14H23NO4/c1-5-11(15)6-10-7-12(17-3)14(19-9-16-2)13(8-10)18-4/h7-8,11H,5-6,9,15H2,1-4H3. The van der Waals surface area contributed by atoms with Crippen LogP contribution in [-0.2, 0) is 11.2 Å². The minimum absolute atomic E-state index is 0.125. The van der Waals surface area contributed by atoms with Crippen molar-refractivity contribution in [3.8, 4) is 17.2 Å². The molecular weight excluding hydrogens is 246 g/mol. The molecule has 5 nitrogen and oxygen atoms in total. The van der Waals surface area contributed by atoms with Crippen molar-refractivity contribution in [2.45, 2.75) is 25.8 Å². The Morgan fingerprint density at radius 1 is 1.11 bits per heavy atom. The van der Waals surface area contributed by atoms with Crippen molar-refractivity contribution in [3.63, 3.8) is 0 Å². The van der Waals surface area contributed by atoms with Gasteiger partial charge in [-0.25, -0.2) is 0 Å². The van der Waals surface area contributed by atoms with E-state index in [0.29, 0.717) is 17.2 Å². The predicted octanol–water partition coefficient (Wildman–Crippen LogP) is 1.97. The molecule has 0 saturated carbocycles. The maximum Gasteiger partial charge on any atom is 0.206 e. The Hall–Kier alpha value is -1.46. The second-order valence-corrected chi connectivity index (χ2v) is 4.25. The zero-order valence-corrected chi connectivity index (χ0v) is 12.1. The van der Waals surface area contributed by atoms with Gasteiger partial charge in [-0.1, -0.05) is 6.92 Å². The van der Waals surface area contributed by atoms with Crippen molar-refractivity contribution in [2.75, 3.05) is 28.1 Å². The van der Waals surface area contributed by atoms with E-state index in [1.165, 1.54) is 0 Å². The van der Waals surface area contributed by atoms with Crippen LogP contribution in [0.5, 0.6) is 17.2 Å². The first-order valence-electron chi connectivity index (χ1n) is 6.28. The minimum atomic E-state index is 0.125. The molecule has 19 heavy (non-hydrogen) atoms. The van der Waals surface area contributed by atoms with E-state index in [1.807, 2.05) is 12.1 Å². The second kappa shape index (κ2) is 7.86. The van der Waals surface area contributed by atoms with Gasteiger partial charge in [-0.3, -0.25) is 0 Å². The van der Waals surface area contributed by atoms with E-state index in [9.17, 15) is 0 Å². The quantitative estimate of drug-likeness (QED) is 0.731. The van der Waals surface area contributed by atoms with Crippen LogP contribution >= 0.6 is 0 Å². The van der Waals surface area contributed by atoms with Gasteiger partial charge in [0.05, 0.1) is 14.2 Å². The molecule has 0 heterocycles. The molecule has 2 N–H and O–H groups in total. The molecule has 5 heteroatoms. The molecule has 1 atom stereocenters. The number of methoxy groups -OCH3 is 3. The fraction of sp³-hybridized carbons (Fsp3) is 0.571. The lowest BCUT2D eigenvalue weighted by atomic mass is 10.0. The molecule has 0 aromatic heterocycles. The van der Waals surface area contributed by atoms with Crippen molar-refractivity contribution in [1.29, 1.82) is 0 Å². The van der Waals surface area contributed by atoms with Gasteiger partial charge in [-0.15, -0.1) is 0 Å². The SMILES string of the molecule is CCC(N)Cc1cc(OC)c(OCOC)c(OC)c1. The van der Waals surface area contributed by atoms with E-state index in [1.54, 1.807) is 21.3 Å². The van der Waals surface area contributed by atoms with Gasteiger partial charge in [0.2, 0.25) is 5.75 Å². The van der Waals surface area contributed by atoms with E-state index in [2.05, 4.69) is 6.92 Å². The number of ether oxygens (including phenoxy) is 4. The summed E-state index contributed by atoms with van der Waals surface area (Å²) in [5, 5.41) is 0. The average Bonchev–Trinajstić information content (AvgIpc) is 2.44. The molecule has 1 unspecified atom stereocenters. The molecule has 0 saturated heterocycles. The zero-order chi connectivity index (χ0) is 14.3. The lowest BCUT2D eigenvalue weighted by molar-refractivity contribution is 0.0471. The van der Waals surface area contributed by atoms with Crippen LogP contribution < -0.4 is 19.9 Å². The Morgan fingerprint density at radius 3 is 2.11 bits per heavy atom. The summed E-state index contributed by atoms with van der Waals surface area (Å²) in [5.74, 6) is 1.78. The highest BCUT2D eigenvalue weighted by Gasteiger charge is 2.15. The van der Waals surface area contributed by atoms with E-state index in [-0.39, 0.29) is 12.8 Å². The monoisotopic (exact) mass is 269 g/mol. The van der Waals surface area contributed by atoms with Gasteiger partial charge in [0, 0.05) is 13.2 Å². The Bertz CT molecular complexity index is 370. The Balaban J connectivity index is 3.04. The summed E-state index contributed by atoms with van der Waals surface area (Å²) < 4.78 is 21.1. The van der Waals surface area contributed by atoms with E-state index in [4.69, 9.17) is 24.7 Å². The third-order valence-electron chi connectivity index (χ3n) is 2.86. The van der Waals surface area contributed by atoms with Crippen LogP contribution in [0.4, 0.5) is 0 Å². The molecule has 0 spiro atoms. The van der Waals surface area contributed by atoms with E-state index in [0.717, 1.165) is 18.4 Å². The molecule has 0 radical (unpaired) electrons. The fourth-order valence-corrected chi connectivity index (χ4v) is 1.76. The summed E-state index contributed by atoms with van der Waals surface area (Å²) in [7, 11) is 4.75. The maximum atomic E-state index is 5.97. The second-order valence-electron chi connectivity index (χ2n) is 4.25. The third kappa shape index (κ3) is 4.29. The molecule has 0 aliphatic heterocycles. The first kappa shape index (κ1) is 15.6. The molecule has 0 fully saturated rings. The number of benzene rings is 1. The molecule has 0 aliphatic carbocycles. The molecular formula is C14H23NO4. The minimum Gasteiger partial charge on any atom is -0.493 e. The fourth-order valence-electron chi connectivity index (χ4n) is 1.76. The van der Waals surface area contributed by atoms with Crippen LogP contribution in [0.1, 0.15) is 18.9 Å². The summed E-state index contributed by atoms with van der Waals surface area (Å²) in [6.07, 6.45) is 1.69. The smallest absolute Gasteiger partial charge is 0.206 e. The van der Waals surface area contributed by atoms with Crippen LogP contribution in [-0.4, -0.2) is 34.2 Å². The third-order valence-corrected chi connectivity index (χ3v) is 2.86. The van der Waals surface area contributed by atoms with Gasteiger partial charge in [-0.2, -0.15) is 0 Å². The number of hydrogen-bond donors (Lipinski definition) is 1. The van der Waals surface area contributed by atoms with Crippen LogP contribution in [0.15, 0.2) is 12.1 Å². The normalized spacial score (nSPS) is 12.1. The Kier molecular flexibility index (Phi) is 6.45. The van der Waals surface area contributed by atoms with Crippen LogP contribution in [0.25, 0.3) is 0 Å². The first-order valence-corrected chi connectivity index (χ1v) is 6.28. The van der Waals surface area contributed by atoms with Gasteiger partial charge in [0.25, 0.3) is 0 Å². The largest absolute Gasteiger partial charge is 0.493 e. The zero-order valence-electron chi connectivity index (χ0n) is 12.1. The highest BCUT2D eigenvalue weighted by atomic mass is 16.7. The Labute approximate surface area is 114 Å². The first-order chi connectivity index (χ1) is 9.15. The Morgan fingerprint density at radius 2 is 1.68 bits per heavy atom. The van der Waals surface area contributed by atoms with Crippen LogP contribution in [0.3, 0.4) is 0 Å². The van der Waals surface area contributed by atoms with Crippen molar-refractivity contribution in [3.05, 3.63) is 17.7 Å². The molecule has 1 aromatic rings. The van der Waals surface area contributed by atoms with Gasteiger partial charge in [-0.05, 0) is 30.5 Å². The molecule has 1 aromatic carbocycles. The molecule has 0 bridgehead atoms. The lowest BCUT2D eigenvalue weighted by Gasteiger charge is -2.17. The highest BCUT2D eigenvalue weighted by Crippen LogP contribution is 2.38. The number of nitrogens with two attached hydrogens (primary N) is 1. The summed E-state index contributed by atoms with van der Waals surface area (Å²) in [5.41, 5.74) is 7.04. The summed E-state index contributed by atoms with van der Waals surface area (Å²) in [6.45, 7) is 2.20. The molecule has 108 valence electrons. The number of hydrogen-bond acceptors (Lipinski definition) is 5. The predicted molar refractivity (Wildman–Crippen MR) is 74.0 cm³/mol. The van der Waals surface area contributed by atoms with Gasteiger partial charge in [0.15, 0.2) is 18.3 Å². The molecule has 0 aliphatic rings. The van der Waals surface area contributed by atoms with Crippen molar-refractivity contribution < 1.29 is 18.9 Å². The van der Waals surface area contributed by atoms with Crippen LogP contribution in [0.2, 0.25) is 0 Å².